The van der Waals surface area contributed by atoms with Crippen molar-refractivity contribution in [1.29, 1.82) is 0 Å². The maximum absolute atomic E-state index is 12.2. The SMILES string of the molecule is NC(=O)C1CCN(C2CN(C(=O)c3ccncc3)C2)CC1. The van der Waals surface area contributed by atoms with E-state index in [2.05, 4.69) is 9.88 Å². The molecule has 0 atom stereocenters. The van der Waals surface area contributed by atoms with E-state index in [4.69, 9.17) is 5.73 Å². The second kappa shape index (κ2) is 5.81. The summed E-state index contributed by atoms with van der Waals surface area (Å²) < 4.78 is 0. The van der Waals surface area contributed by atoms with Crippen LogP contribution in [0.25, 0.3) is 0 Å². The number of rotatable bonds is 3. The number of aromatic nitrogens is 1. The smallest absolute Gasteiger partial charge is 0.254 e. The summed E-state index contributed by atoms with van der Waals surface area (Å²) in [6.45, 7) is 3.33. The van der Waals surface area contributed by atoms with Gasteiger partial charge in [-0.3, -0.25) is 19.5 Å². The van der Waals surface area contributed by atoms with E-state index in [-0.39, 0.29) is 17.7 Å². The predicted molar refractivity (Wildman–Crippen MR) is 77.4 cm³/mol. The molecule has 0 unspecified atom stereocenters. The minimum absolute atomic E-state index is 0.0240. The van der Waals surface area contributed by atoms with Crippen LogP contribution in [-0.2, 0) is 4.79 Å². The second-order valence-electron chi connectivity index (χ2n) is 5.81. The first-order valence-electron chi connectivity index (χ1n) is 7.38. The van der Waals surface area contributed by atoms with Crippen molar-refractivity contribution in [1.82, 2.24) is 14.8 Å². The average Bonchev–Trinajstić information content (AvgIpc) is 2.47. The van der Waals surface area contributed by atoms with Gasteiger partial charge in [-0.05, 0) is 38.1 Å². The van der Waals surface area contributed by atoms with Gasteiger partial charge < -0.3 is 10.6 Å². The van der Waals surface area contributed by atoms with Gasteiger partial charge >= 0.3 is 0 Å². The molecule has 0 radical (unpaired) electrons. The third kappa shape index (κ3) is 2.90. The average molecular weight is 288 g/mol. The van der Waals surface area contributed by atoms with Crippen LogP contribution in [0.3, 0.4) is 0 Å². The van der Waals surface area contributed by atoms with Crippen molar-refractivity contribution >= 4 is 11.8 Å². The summed E-state index contributed by atoms with van der Waals surface area (Å²) in [4.78, 5) is 31.5. The molecule has 21 heavy (non-hydrogen) atoms. The number of primary amides is 1. The number of nitrogens with zero attached hydrogens (tertiary/aromatic N) is 3. The molecule has 0 saturated carbocycles. The Balaban J connectivity index is 1.48. The highest BCUT2D eigenvalue weighted by molar-refractivity contribution is 5.94. The summed E-state index contributed by atoms with van der Waals surface area (Å²) in [5, 5.41) is 0. The molecule has 2 N–H and O–H groups in total. The molecule has 0 spiro atoms. The van der Waals surface area contributed by atoms with E-state index in [1.807, 2.05) is 4.90 Å². The number of hydrogen-bond donors (Lipinski definition) is 1. The third-order valence-corrected chi connectivity index (χ3v) is 4.53. The molecule has 6 nitrogen and oxygen atoms in total. The number of amides is 2. The lowest BCUT2D eigenvalue weighted by Crippen LogP contribution is -2.62. The highest BCUT2D eigenvalue weighted by Gasteiger charge is 2.37. The molecule has 1 aromatic heterocycles. The van der Waals surface area contributed by atoms with Crippen LogP contribution in [0.4, 0.5) is 0 Å². The summed E-state index contributed by atoms with van der Waals surface area (Å²) in [6.07, 6.45) is 4.95. The number of piperidine rings is 1. The number of carbonyl (C=O) groups is 2. The Morgan fingerprint density at radius 2 is 1.76 bits per heavy atom. The van der Waals surface area contributed by atoms with Crippen molar-refractivity contribution in [2.45, 2.75) is 18.9 Å². The van der Waals surface area contributed by atoms with Gasteiger partial charge in [0.25, 0.3) is 5.91 Å². The van der Waals surface area contributed by atoms with Crippen molar-refractivity contribution < 1.29 is 9.59 Å². The Morgan fingerprint density at radius 3 is 2.33 bits per heavy atom. The van der Waals surface area contributed by atoms with E-state index >= 15 is 0 Å². The van der Waals surface area contributed by atoms with Gasteiger partial charge in [0.05, 0.1) is 0 Å². The van der Waals surface area contributed by atoms with Crippen LogP contribution in [-0.4, -0.2) is 58.8 Å². The lowest BCUT2D eigenvalue weighted by Gasteiger charge is -2.47. The normalized spacial score (nSPS) is 21.0. The van der Waals surface area contributed by atoms with Gasteiger partial charge in [0.2, 0.25) is 5.91 Å². The molecular formula is C15H20N4O2. The number of nitrogens with two attached hydrogens (primary N) is 1. The first kappa shape index (κ1) is 14.0. The Labute approximate surface area is 123 Å². The van der Waals surface area contributed by atoms with Gasteiger partial charge in [0.1, 0.15) is 0 Å². The molecule has 2 aliphatic heterocycles. The molecule has 2 fully saturated rings. The fourth-order valence-corrected chi connectivity index (χ4v) is 3.08. The van der Waals surface area contributed by atoms with Gasteiger partial charge in [0, 0.05) is 43.0 Å². The summed E-state index contributed by atoms with van der Waals surface area (Å²) in [6, 6.07) is 3.91. The number of carbonyl (C=O) groups excluding carboxylic acids is 2. The Hall–Kier alpha value is -1.95. The summed E-state index contributed by atoms with van der Waals surface area (Å²) in [7, 11) is 0. The molecular weight excluding hydrogens is 268 g/mol. The molecule has 0 aromatic carbocycles. The van der Waals surface area contributed by atoms with Crippen LogP contribution in [0, 0.1) is 5.92 Å². The van der Waals surface area contributed by atoms with Crippen molar-refractivity contribution in [2.75, 3.05) is 26.2 Å². The largest absolute Gasteiger partial charge is 0.369 e. The van der Waals surface area contributed by atoms with Crippen LogP contribution in [0.5, 0.6) is 0 Å². The van der Waals surface area contributed by atoms with Crippen molar-refractivity contribution in [3.63, 3.8) is 0 Å². The molecule has 0 aliphatic carbocycles. The third-order valence-electron chi connectivity index (χ3n) is 4.53. The minimum atomic E-state index is -0.183. The maximum atomic E-state index is 12.2. The summed E-state index contributed by atoms with van der Waals surface area (Å²) >= 11 is 0. The van der Waals surface area contributed by atoms with E-state index in [0.29, 0.717) is 11.6 Å². The molecule has 2 aliphatic rings. The molecule has 112 valence electrons. The highest BCUT2D eigenvalue weighted by Crippen LogP contribution is 2.24. The van der Waals surface area contributed by atoms with Crippen LogP contribution in [0.15, 0.2) is 24.5 Å². The van der Waals surface area contributed by atoms with E-state index in [1.165, 1.54) is 0 Å². The first-order valence-corrected chi connectivity index (χ1v) is 7.38. The molecule has 2 saturated heterocycles. The lowest BCUT2D eigenvalue weighted by atomic mass is 9.93. The van der Waals surface area contributed by atoms with E-state index in [0.717, 1.165) is 39.0 Å². The lowest BCUT2D eigenvalue weighted by molar-refractivity contribution is -0.123. The summed E-state index contributed by atoms with van der Waals surface area (Å²) in [5.41, 5.74) is 6.04. The molecule has 6 heteroatoms. The quantitative estimate of drug-likeness (QED) is 0.855. The highest BCUT2D eigenvalue weighted by atomic mass is 16.2. The zero-order valence-corrected chi connectivity index (χ0v) is 11.9. The van der Waals surface area contributed by atoms with E-state index in [9.17, 15) is 9.59 Å². The predicted octanol–water partition coefficient (Wildman–Crippen LogP) is 0.103. The Bertz CT molecular complexity index is 520. The number of likely N-dealkylation sites (tertiary alicyclic amines) is 2. The summed E-state index contributed by atoms with van der Waals surface area (Å²) in [5.74, 6) is -0.0886. The Kier molecular flexibility index (Phi) is 3.88. The van der Waals surface area contributed by atoms with Crippen LogP contribution in [0.2, 0.25) is 0 Å². The van der Waals surface area contributed by atoms with Gasteiger partial charge in [-0.1, -0.05) is 0 Å². The molecule has 3 heterocycles. The maximum Gasteiger partial charge on any atom is 0.254 e. The molecule has 2 amide bonds. The fraction of sp³-hybridized carbons (Fsp3) is 0.533. The number of hydrogen-bond acceptors (Lipinski definition) is 4. The van der Waals surface area contributed by atoms with Gasteiger partial charge in [-0.15, -0.1) is 0 Å². The Morgan fingerprint density at radius 1 is 1.14 bits per heavy atom. The number of pyridine rings is 1. The van der Waals surface area contributed by atoms with Crippen molar-refractivity contribution in [2.24, 2.45) is 11.7 Å². The van der Waals surface area contributed by atoms with Crippen LogP contribution < -0.4 is 5.73 Å². The zero-order valence-electron chi connectivity index (χ0n) is 11.9. The molecule has 3 rings (SSSR count). The van der Waals surface area contributed by atoms with Crippen molar-refractivity contribution in [3.05, 3.63) is 30.1 Å². The second-order valence-corrected chi connectivity index (χ2v) is 5.81. The topological polar surface area (TPSA) is 79.5 Å². The van der Waals surface area contributed by atoms with Crippen LogP contribution >= 0.6 is 0 Å². The fourth-order valence-electron chi connectivity index (χ4n) is 3.08. The van der Waals surface area contributed by atoms with Gasteiger partial charge in [-0.2, -0.15) is 0 Å². The zero-order chi connectivity index (χ0) is 14.8. The van der Waals surface area contributed by atoms with Gasteiger partial charge in [0.15, 0.2) is 0 Å². The van der Waals surface area contributed by atoms with Gasteiger partial charge in [-0.25, -0.2) is 0 Å². The first-order chi connectivity index (χ1) is 10.1. The van der Waals surface area contributed by atoms with E-state index < -0.39 is 0 Å². The monoisotopic (exact) mass is 288 g/mol. The minimum Gasteiger partial charge on any atom is -0.369 e. The van der Waals surface area contributed by atoms with Crippen molar-refractivity contribution in [3.8, 4) is 0 Å². The standard InChI is InChI=1S/C15H20N4O2/c16-14(20)11-3-7-18(8-4-11)13-9-19(10-13)15(21)12-1-5-17-6-2-12/h1-2,5-6,11,13H,3-4,7-10H2,(H2,16,20). The van der Waals surface area contributed by atoms with E-state index in [1.54, 1.807) is 24.5 Å². The molecule has 1 aromatic rings. The van der Waals surface area contributed by atoms with Crippen LogP contribution in [0.1, 0.15) is 23.2 Å². The molecule has 0 bridgehead atoms.